The Morgan fingerprint density at radius 2 is 1.94 bits per heavy atom. The van der Waals surface area contributed by atoms with Gasteiger partial charge < -0.3 is 4.74 Å². The van der Waals surface area contributed by atoms with Crippen molar-refractivity contribution in [3.63, 3.8) is 0 Å². The van der Waals surface area contributed by atoms with E-state index in [0.717, 1.165) is 16.8 Å². The molecule has 0 bridgehead atoms. The molecule has 0 aliphatic rings. The number of hydrogen-bond acceptors (Lipinski definition) is 4. The average Bonchev–Trinajstić information content (AvgIpc) is 2.34. The van der Waals surface area contributed by atoms with Gasteiger partial charge in [0.2, 0.25) is 0 Å². The number of methoxy groups -OCH3 is 1. The lowest BCUT2D eigenvalue weighted by Gasteiger charge is -2.08. The Bertz CT molecular complexity index is 557. The van der Waals surface area contributed by atoms with Gasteiger partial charge in [0.25, 0.3) is 0 Å². The van der Waals surface area contributed by atoms with E-state index < -0.39 is 0 Å². The minimum absolute atomic E-state index is 0.468. The quantitative estimate of drug-likeness (QED) is 0.768. The van der Waals surface area contributed by atoms with Gasteiger partial charge >= 0.3 is 0 Å². The van der Waals surface area contributed by atoms with Gasteiger partial charge in [0, 0.05) is 17.3 Å². The molecule has 0 unspecified atom stereocenters. The largest absolute Gasteiger partial charge is 0.495 e. The summed E-state index contributed by atoms with van der Waals surface area (Å²) in [4.78, 5) is 12.6. The van der Waals surface area contributed by atoms with Gasteiger partial charge in [-0.15, -0.1) is 0 Å². The lowest BCUT2D eigenvalue weighted by molar-refractivity contribution is 0.413. The Hall–Kier alpha value is -1.68. The van der Waals surface area contributed by atoms with Gasteiger partial charge in [-0.1, -0.05) is 11.6 Å². The van der Waals surface area contributed by atoms with Gasteiger partial charge in [-0.25, -0.2) is 9.97 Å². The fourth-order valence-corrected chi connectivity index (χ4v) is 1.75. The van der Waals surface area contributed by atoms with E-state index in [9.17, 15) is 0 Å². The maximum atomic E-state index is 6.04. The maximum Gasteiger partial charge on any atom is 0.137 e. The molecule has 0 aliphatic carbocycles. The van der Waals surface area contributed by atoms with Crippen LogP contribution in [0.3, 0.4) is 0 Å². The molecule has 2 aromatic heterocycles. The van der Waals surface area contributed by atoms with Crippen LogP contribution >= 0.6 is 11.6 Å². The highest BCUT2D eigenvalue weighted by Gasteiger charge is 2.10. The Morgan fingerprint density at radius 1 is 1.18 bits per heavy atom. The number of ether oxygens (including phenoxy) is 1. The molecule has 0 amide bonds. The van der Waals surface area contributed by atoms with Gasteiger partial charge in [-0.3, -0.25) is 4.98 Å². The number of pyridine rings is 1. The molecule has 5 heteroatoms. The minimum Gasteiger partial charge on any atom is -0.495 e. The van der Waals surface area contributed by atoms with Crippen LogP contribution in [0.25, 0.3) is 11.3 Å². The van der Waals surface area contributed by atoms with Crippen molar-refractivity contribution in [2.45, 2.75) is 13.8 Å². The van der Waals surface area contributed by atoms with Crippen LogP contribution in [-0.4, -0.2) is 22.1 Å². The predicted octanol–water partition coefficient (Wildman–Crippen LogP) is 2.82. The standard InChI is InChI=1S/C12H12ClN3O/c1-7-11(15-8(2)16-12(7)13)9-4-10(17-3)6-14-5-9/h4-6H,1-3H3. The van der Waals surface area contributed by atoms with E-state index in [2.05, 4.69) is 15.0 Å². The molecule has 4 nitrogen and oxygen atoms in total. The molecule has 2 heterocycles. The van der Waals surface area contributed by atoms with E-state index in [1.807, 2.05) is 19.9 Å². The summed E-state index contributed by atoms with van der Waals surface area (Å²) < 4.78 is 5.14. The van der Waals surface area contributed by atoms with Crippen LogP contribution in [-0.2, 0) is 0 Å². The van der Waals surface area contributed by atoms with Gasteiger partial charge in [-0.2, -0.15) is 0 Å². The van der Waals surface area contributed by atoms with E-state index in [4.69, 9.17) is 16.3 Å². The number of rotatable bonds is 2. The SMILES string of the molecule is COc1cncc(-c2nc(C)nc(Cl)c2C)c1. The van der Waals surface area contributed by atoms with Crippen molar-refractivity contribution in [1.29, 1.82) is 0 Å². The highest BCUT2D eigenvalue weighted by molar-refractivity contribution is 6.30. The second-order valence-corrected chi connectivity index (χ2v) is 4.01. The zero-order valence-corrected chi connectivity index (χ0v) is 10.6. The summed E-state index contributed by atoms with van der Waals surface area (Å²) in [7, 11) is 1.60. The molecule has 0 aromatic carbocycles. The maximum absolute atomic E-state index is 6.04. The molecule has 88 valence electrons. The van der Waals surface area contributed by atoms with E-state index in [0.29, 0.717) is 16.7 Å². The molecule has 0 atom stereocenters. The van der Waals surface area contributed by atoms with E-state index in [1.165, 1.54) is 0 Å². The summed E-state index contributed by atoms with van der Waals surface area (Å²) in [5.41, 5.74) is 2.50. The molecule has 0 fully saturated rings. The Labute approximate surface area is 105 Å². The van der Waals surface area contributed by atoms with E-state index in [-0.39, 0.29) is 0 Å². The first-order valence-electron chi connectivity index (χ1n) is 5.12. The fourth-order valence-electron chi connectivity index (χ4n) is 1.54. The summed E-state index contributed by atoms with van der Waals surface area (Å²) in [6.45, 7) is 3.69. The number of hydrogen-bond donors (Lipinski definition) is 0. The number of aryl methyl sites for hydroxylation is 1. The first-order chi connectivity index (χ1) is 8.11. The molecule has 17 heavy (non-hydrogen) atoms. The predicted molar refractivity (Wildman–Crippen MR) is 66.3 cm³/mol. The van der Waals surface area contributed by atoms with Gasteiger partial charge in [0.15, 0.2) is 0 Å². The zero-order valence-electron chi connectivity index (χ0n) is 9.86. The average molecular weight is 250 g/mol. The summed E-state index contributed by atoms with van der Waals surface area (Å²) in [6.07, 6.45) is 3.38. The van der Waals surface area contributed by atoms with E-state index >= 15 is 0 Å². The zero-order chi connectivity index (χ0) is 12.4. The monoisotopic (exact) mass is 249 g/mol. The van der Waals surface area contributed by atoms with Crippen LogP contribution < -0.4 is 4.74 Å². The van der Waals surface area contributed by atoms with Crippen LogP contribution in [0, 0.1) is 13.8 Å². The Kier molecular flexibility index (Phi) is 3.24. The van der Waals surface area contributed by atoms with Gasteiger partial charge in [0.05, 0.1) is 19.0 Å². The normalized spacial score (nSPS) is 10.4. The van der Waals surface area contributed by atoms with Crippen molar-refractivity contribution in [1.82, 2.24) is 15.0 Å². The van der Waals surface area contributed by atoms with Crippen molar-refractivity contribution in [3.8, 4) is 17.0 Å². The summed E-state index contributed by atoms with van der Waals surface area (Å²) >= 11 is 6.04. The van der Waals surface area contributed by atoms with Crippen LogP contribution in [0.4, 0.5) is 0 Å². The first-order valence-corrected chi connectivity index (χ1v) is 5.49. The summed E-state index contributed by atoms with van der Waals surface area (Å²) in [6, 6.07) is 1.87. The van der Waals surface area contributed by atoms with Gasteiger partial charge in [0.1, 0.15) is 16.7 Å². The molecule has 0 aliphatic heterocycles. The third-order valence-corrected chi connectivity index (χ3v) is 2.79. The molecular formula is C12H12ClN3O. The topological polar surface area (TPSA) is 47.9 Å². The third-order valence-electron chi connectivity index (χ3n) is 2.42. The van der Waals surface area contributed by atoms with Crippen molar-refractivity contribution in [3.05, 3.63) is 35.0 Å². The second-order valence-electron chi connectivity index (χ2n) is 3.65. The summed E-state index contributed by atoms with van der Waals surface area (Å²) in [5.74, 6) is 1.33. The van der Waals surface area contributed by atoms with Crippen molar-refractivity contribution in [2.24, 2.45) is 0 Å². The lowest BCUT2D eigenvalue weighted by Crippen LogP contribution is -1.97. The fraction of sp³-hybridized carbons (Fsp3) is 0.250. The van der Waals surface area contributed by atoms with Crippen molar-refractivity contribution in [2.75, 3.05) is 7.11 Å². The number of halogens is 1. The van der Waals surface area contributed by atoms with Crippen molar-refractivity contribution >= 4 is 11.6 Å². The Balaban J connectivity index is 2.59. The van der Waals surface area contributed by atoms with Crippen LogP contribution in [0.15, 0.2) is 18.5 Å². The van der Waals surface area contributed by atoms with Crippen LogP contribution in [0.1, 0.15) is 11.4 Å². The van der Waals surface area contributed by atoms with E-state index in [1.54, 1.807) is 19.5 Å². The molecule has 2 rings (SSSR count). The lowest BCUT2D eigenvalue weighted by atomic mass is 10.1. The smallest absolute Gasteiger partial charge is 0.137 e. The molecule has 0 spiro atoms. The minimum atomic E-state index is 0.468. The molecule has 0 saturated heterocycles. The molecule has 0 saturated carbocycles. The molecule has 0 radical (unpaired) electrons. The highest BCUT2D eigenvalue weighted by atomic mass is 35.5. The number of nitrogens with zero attached hydrogens (tertiary/aromatic N) is 3. The third kappa shape index (κ3) is 2.36. The van der Waals surface area contributed by atoms with Crippen molar-refractivity contribution < 1.29 is 4.74 Å². The van der Waals surface area contributed by atoms with Crippen LogP contribution in [0.2, 0.25) is 5.15 Å². The van der Waals surface area contributed by atoms with Gasteiger partial charge in [-0.05, 0) is 19.9 Å². The Morgan fingerprint density at radius 3 is 2.65 bits per heavy atom. The molecular weight excluding hydrogens is 238 g/mol. The second kappa shape index (κ2) is 4.67. The highest BCUT2D eigenvalue weighted by Crippen LogP contribution is 2.27. The number of aromatic nitrogens is 3. The first kappa shape index (κ1) is 11.8. The summed E-state index contributed by atoms with van der Waals surface area (Å²) in [5, 5.41) is 0.468. The molecule has 2 aromatic rings. The molecule has 0 N–H and O–H groups in total. The van der Waals surface area contributed by atoms with Crippen LogP contribution in [0.5, 0.6) is 5.75 Å².